The molecule has 1 aromatic heterocycles. The van der Waals surface area contributed by atoms with E-state index in [-0.39, 0.29) is 11.7 Å². The summed E-state index contributed by atoms with van der Waals surface area (Å²) in [6.07, 6.45) is 0. The van der Waals surface area contributed by atoms with Crippen LogP contribution < -0.4 is 5.32 Å². The van der Waals surface area contributed by atoms with E-state index in [0.717, 1.165) is 5.69 Å². The Kier molecular flexibility index (Phi) is 4.44. The summed E-state index contributed by atoms with van der Waals surface area (Å²) in [6, 6.07) is 7.16. The molecule has 5 nitrogen and oxygen atoms in total. The molecule has 1 N–H and O–H groups in total. The zero-order valence-electron chi connectivity index (χ0n) is 10.3. The molecule has 0 radical (unpaired) electrons. The van der Waals surface area contributed by atoms with Crippen molar-refractivity contribution in [1.29, 1.82) is 0 Å². The van der Waals surface area contributed by atoms with E-state index in [0.29, 0.717) is 23.1 Å². The number of nitrogens with one attached hydrogen (secondary N) is 1. The zero-order valence-corrected chi connectivity index (χ0v) is 11.9. The van der Waals surface area contributed by atoms with E-state index in [1.165, 1.54) is 0 Å². The summed E-state index contributed by atoms with van der Waals surface area (Å²) in [6.45, 7) is 2.27. The molecule has 0 bridgehead atoms. The van der Waals surface area contributed by atoms with Crippen LogP contribution in [0.3, 0.4) is 0 Å². The lowest BCUT2D eigenvalue weighted by molar-refractivity contribution is 0.0946. The molecule has 2 rings (SSSR count). The fourth-order valence-electron chi connectivity index (χ4n) is 1.56. The largest absolute Gasteiger partial charge is 0.348 e. The molecule has 0 atom stereocenters. The highest BCUT2D eigenvalue weighted by Gasteiger charge is 2.14. The quantitative estimate of drug-likeness (QED) is 0.847. The van der Waals surface area contributed by atoms with E-state index in [4.69, 9.17) is 11.6 Å². The Morgan fingerprint density at radius 3 is 2.74 bits per heavy atom. The smallest absolute Gasteiger partial charge is 0.291 e. The maximum absolute atomic E-state index is 11.8. The van der Waals surface area contributed by atoms with Gasteiger partial charge in [0.25, 0.3) is 5.91 Å². The average molecular weight is 297 g/mol. The van der Waals surface area contributed by atoms with Gasteiger partial charge in [-0.05, 0) is 31.2 Å². The van der Waals surface area contributed by atoms with Gasteiger partial charge in [-0.2, -0.15) is 12.6 Å². The van der Waals surface area contributed by atoms with Gasteiger partial charge in [0.2, 0.25) is 5.82 Å². The Morgan fingerprint density at radius 2 is 2.11 bits per heavy atom. The minimum absolute atomic E-state index is 0.147. The number of carbonyl (C=O) groups excluding carboxylic acids is 1. The number of aromatic nitrogens is 3. The number of amides is 1. The first-order chi connectivity index (χ1) is 9.11. The molecule has 1 heterocycles. The highest BCUT2D eigenvalue weighted by atomic mass is 35.5. The third-order valence-electron chi connectivity index (χ3n) is 2.44. The number of rotatable bonds is 4. The molecular weight excluding hydrogens is 284 g/mol. The monoisotopic (exact) mass is 296 g/mol. The molecular formula is C12H13ClN4OS. The summed E-state index contributed by atoms with van der Waals surface area (Å²) >= 11 is 9.86. The Morgan fingerprint density at radius 1 is 1.42 bits per heavy atom. The van der Waals surface area contributed by atoms with Crippen LogP contribution in [0.25, 0.3) is 5.69 Å². The lowest BCUT2D eigenvalue weighted by Gasteiger charge is -2.02. The first kappa shape index (κ1) is 13.9. The summed E-state index contributed by atoms with van der Waals surface area (Å²) in [5.41, 5.74) is 0.808. The van der Waals surface area contributed by atoms with Crippen LogP contribution in [-0.2, 0) is 0 Å². The second-order valence-corrected chi connectivity index (χ2v) is 4.73. The molecule has 1 amide bonds. The van der Waals surface area contributed by atoms with Gasteiger partial charge < -0.3 is 5.32 Å². The number of halogens is 1. The number of benzene rings is 1. The third-order valence-corrected chi connectivity index (χ3v) is 2.92. The maximum atomic E-state index is 11.8. The lowest BCUT2D eigenvalue weighted by Crippen LogP contribution is -2.26. The summed E-state index contributed by atoms with van der Waals surface area (Å²) in [4.78, 5) is 15.9. The predicted octanol–water partition coefficient (Wildman–Crippen LogP) is 1.89. The molecule has 0 aliphatic rings. The van der Waals surface area contributed by atoms with E-state index < -0.39 is 0 Å². The number of hydrogen-bond acceptors (Lipinski definition) is 4. The molecule has 1 aromatic carbocycles. The van der Waals surface area contributed by atoms with Crippen LogP contribution in [0.1, 0.15) is 16.4 Å². The highest BCUT2D eigenvalue weighted by Crippen LogP contribution is 2.14. The minimum atomic E-state index is -0.301. The average Bonchev–Trinajstić information content (AvgIpc) is 2.79. The van der Waals surface area contributed by atoms with Gasteiger partial charge in [0, 0.05) is 17.3 Å². The van der Waals surface area contributed by atoms with E-state index in [1.807, 2.05) is 12.1 Å². The highest BCUT2D eigenvalue weighted by molar-refractivity contribution is 7.80. The van der Waals surface area contributed by atoms with Crippen molar-refractivity contribution in [1.82, 2.24) is 20.1 Å². The molecule has 2 aromatic rings. The number of aryl methyl sites for hydroxylation is 1. The SMILES string of the molecule is Cc1nc(C(=O)NCCS)nn1-c1ccc(Cl)cc1. The summed E-state index contributed by atoms with van der Waals surface area (Å²) in [5, 5.41) is 7.51. The first-order valence-corrected chi connectivity index (χ1v) is 6.71. The van der Waals surface area contributed by atoms with Gasteiger partial charge in [0.1, 0.15) is 5.82 Å². The van der Waals surface area contributed by atoms with Gasteiger partial charge in [-0.15, -0.1) is 5.10 Å². The van der Waals surface area contributed by atoms with Crippen LogP contribution >= 0.6 is 24.2 Å². The Labute approximate surface area is 121 Å². The van der Waals surface area contributed by atoms with Crippen molar-refractivity contribution in [2.24, 2.45) is 0 Å². The van der Waals surface area contributed by atoms with Crippen molar-refractivity contribution >= 4 is 30.1 Å². The second-order valence-electron chi connectivity index (χ2n) is 3.85. The molecule has 7 heteroatoms. The standard InChI is InChI=1S/C12H13ClN4OS/c1-8-15-11(12(18)14-6-7-19)16-17(8)10-4-2-9(13)3-5-10/h2-5,19H,6-7H2,1H3,(H,14,18). The summed E-state index contributed by atoms with van der Waals surface area (Å²) in [7, 11) is 0. The number of nitrogens with zero attached hydrogens (tertiary/aromatic N) is 3. The second kappa shape index (κ2) is 6.08. The van der Waals surface area contributed by atoms with Crippen molar-refractivity contribution in [2.75, 3.05) is 12.3 Å². The van der Waals surface area contributed by atoms with Crippen molar-refractivity contribution in [3.05, 3.63) is 40.9 Å². The van der Waals surface area contributed by atoms with E-state index in [1.54, 1.807) is 23.7 Å². The van der Waals surface area contributed by atoms with Gasteiger partial charge >= 0.3 is 0 Å². The van der Waals surface area contributed by atoms with Crippen LogP contribution in [0, 0.1) is 6.92 Å². The molecule has 0 fully saturated rings. The third kappa shape index (κ3) is 3.27. The first-order valence-electron chi connectivity index (χ1n) is 5.70. The zero-order chi connectivity index (χ0) is 13.8. The summed E-state index contributed by atoms with van der Waals surface area (Å²) in [5.74, 6) is 1.06. The van der Waals surface area contributed by atoms with Crippen LogP contribution in [0.2, 0.25) is 5.02 Å². The van der Waals surface area contributed by atoms with Crippen LogP contribution in [0.15, 0.2) is 24.3 Å². The van der Waals surface area contributed by atoms with Crippen molar-refractivity contribution < 1.29 is 4.79 Å². The molecule has 0 spiro atoms. The Hall–Kier alpha value is -1.53. The molecule has 100 valence electrons. The predicted molar refractivity (Wildman–Crippen MR) is 77.3 cm³/mol. The molecule has 0 saturated heterocycles. The van der Waals surface area contributed by atoms with E-state index >= 15 is 0 Å². The van der Waals surface area contributed by atoms with Crippen molar-refractivity contribution in [3.63, 3.8) is 0 Å². The maximum Gasteiger partial charge on any atom is 0.291 e. The van der Waals surface area contributed by atoms with Gasteiger partial charge in [-0.1, -0.05) is 11.6 Å². The number of thiol groups is 1. The molecule has 0 unspecified atom stereocenters. The minimum Gasteiger partial charge on any atom is -0.348 e. The van der Waals surface area contributed by atoms with Gasteiger partial charge in [0.05, 0.1) is 5.69 Å². The molecule has 0 aliphatic heterocycles. The molecule has 19 heavy (non-hydrogen) atoms. The molecule has 0 saturated carbocycles. The molecule has 0 aliphatic carbocycles. The van der Waals surface area contributed by atoms with Crippen LogP contribution in [-0.4, -0.2) is 33.0 Å². The Bertz CT molecular complexity index is 582. The fourth-order valence-corrected chi connectivity index (χ4v) is 1.80. The normalized spacial score (nSPS) is 10.5. The topological polar surface area (TPSA) is 59.8 Å². The van der Waals surface area contributed by atoms with Gasteiger partial charge in [-0.3, -0.25) is 4.79 Å². The summed E-state index contributed by atoms with van der Waals surface area (Å²) < 4.78 is 1.60. The Balaban J connectivity index is 2.26. The van der Waals surface area contributed by atoms with Gasteiger partial charge in [0.15, 0.2) is 0 Å². The van der Waals surface area contributed by atoms with E-state index in [9.17, 15) is 4.79 Å². The van der Waals surface area contributed by atoms with Crippen LogP contribution in [0.4, 0.5) is 0 Å². The van der Waals surface area contributed by atoms with E-state index in [2.05, 4.69) is 28.0 Å². The lowest BCUT2D eigenvalue weighted by atomic mass is 10.3. The van der Waals surface area contributed by atoms with Crippen LogP contribution in [0.5, 0.6) is 0 Å². The van der Waals surface area contributed by atoms with Crippen molar-refractivity contribution in [3.8, 4) is 5.69 Å². The van der Waals surface area contributed by atoms with Crippen molar-refractivity contribution in [2.45, 2.75) is 6.92 Å². The number of hydrogen-bond donors (Lipinski definition) is 2. The number of carbonyl (C=O) groups is 1. The fraction of sp³-hybridized carbons (Fsp3) is 0.250. The van der Waals surface area contributed by atoms with Gasteiger partial charge in [-0.25, -0.2) is 9.67 Å².